The van der Waals surface area contributed by atoms with Crippen LogP contribution in [0.1, 0.15) is 139 Å². The molecule has 2 aromatic rings. The summed E-state index contributed by atoms with van der Waals surface area (Å²) in [6.45, 7) is 0. The van der Waals surface area contributed by atoms with Crippen molar-refractivity contribution >= 4 is 0 Å². The Morgan fingerprint density at radius 3 is 1.08 bits per heavy atom. The van der Waals surface area contributed by atoms with Crippen molar-refractivity contribution in [2.45, 2.75) is 127 Å². The summed E-state index contributed by atoms with van der Waals surface area (Å²) in [7, 11) is 0. The molecular weight excluding hydrogens is 507 g/mol. The van der Waals surface area contributed by atoms with Crippen LogP contribution in [0.2, 0.25) is 0 Å². The summed E-state index contributed by atoms with van der Waals surface area (Å²) in [5.74, 6) is 3.22. The van der Waals surface area contributed by atoms with E-state index in [0.717, 1.165) is 11.5 Å². The Kier molecular flexibility index (Phi) is 16.0. The molecule has 2 saturated carbocycles. The van der Waals surface area contributed by atoms with E-state index < -0.39 is 0 Å². The van der Waals surface area contributed by atoms with Crippen molar-refractivity contribution in [3.8, 4) is 11.5 Å². The number of hydrogen-bond donors (Lipinski definition) is 0. The molecule has 0 unspecified atom stereocenters. The van der Waals surface area contributed by atoms with Gasteiger partial charge in [-0.2, -0.15) is 0 Å². The van der Waals surface area contributed by atoms with Crippen LogP contribution in [0, 0.1) is 0 Å². The van der Waals surface area contributed by atoms with Crippen LogP contribution in [0.3, 0.4) is 0 Å². The van der Waals surface area contributed by atoms with Crippen molar-refractivity contribution in [1.29, 1.82) is 0 Å². The summed E-state index contributed by atoms with van der Waals surface area (Å²) >= 11 is 0.609. The van der Waals surface area contributed by atoms with E-state index in [1.54, 1.807) is 0 Å². The number of rotatable bonds is 6. The molecule has 0 atom stereocenters. The van der Waals surface area contributed by atoms with Gasteiger partial charge < -0.3 is 11.0 Å². The predicted octanol–water partition coefficient (Wildman–Crippen LogP) is 8.62. The van der Waals surface area contributed by atoms with Crippen molar-refractivity contribution in [3.05, 3.63) is 59.7 Å². The van der Waals surface area contributed by atoms with Gasteiger partial charge in [-0.3, -0.25) is 0 Å². The van der Waals surface area contributed by atoms with E-state index in [9.17, 15) is 0 Å². The Morgan fingerprint density at radius 2 is 0.730 bits per heavy atom. The van der Waals surface area contributed by atoms with Gasteiger partial charge in [-0.05, 0) is 0 Å². The maximum atomic E-state index is 6.29. The number of para-hydroxylation sites is 2. The second-order valence-corrected chi connectivity index (χ2v) is 11.4. The van der Waals surface area contributed by atoms with Gasteiger partial charge in [0.1, 0.15) is 0 Å². The Labute approximate surface area is 232 Å². The number of benzene rings is 2. The summed E-state index contributed by atoms with van der Waals surface area (Å²) in [6.07, 6.45) is 24.4. The molecule has 0 bridgehead atoms. The van der Waals surface area contributed by atoms with Gasteiger partial charge in [0, 0.05) is 0 Å². The average molecular weight is 558 g/mol. The minimum atomic E-state index is 0. The van der Waals surface area contributed by atoms with Crippen LogP contribution < -0.4 is 7.70 Å². The molecule has 0 aromatic heterocycles. The van der Waals surface area contributed by atoms with E-state index in [1.165, 1.54) is 127 Å². The fraction of sp³-hybridized carbons (Fsp3) is 0.625. The quantitative estimate of drug-likeness (QED) is 0.356. The van der Waals surface area contributed by atoms with Gasteiger partial charge in [0.05, 0.1) is 0 Å². The first kappa shape index (κ1) is 31.7. The molecule has 5 heteroatoms. The van der Waals surface area contributed by atoms with Crippen LogP contribution in [0.4, 0.5) is 0 Å². The van der Waals surface area contributed by atoms with E-state index in [-0.39, 0.29) is 11.0 Å². The van der Waals surface area contributed by atoms with E-state index in [1.807, 2.05) is 0 Å². The van der Waals surface area contributed by atoms with E-state index >= 15 is 0 Å². The molecular formula is C32H50CoO4. The fourth-order valence-electron chi connectivity index (χ4n) is 6.07. The Balaban J connectivity index is 0.00000241. The Morgan fingerprint density at radius 1 is 0.432 bits per heavy atom. The maximum absolute atomic E-state index is 6.29. The molecule has 4 nitrogen and oxygen atoms in total. The molecule has 4 rings (SSSR count). The molecule has 0 heterocycles. The molecule has 0 radical (unpaired) electrons. The van der Waals surface area contributed by atoms with Crippen LogP contribution in [-0.4, -0.2) is 11.0 Å². The molecule has 2 fully saturated rings. The second-order valence-electron chi connectivity index (χ2n) is 10.8. The van der Waals surface area contributed by atoms with Gasteiger partial charge in [0.15, 0.2) is 0 Å². The van der Waals surface area contributed by atoms with Crippen LogP contribution >= 0.6 is 0 Å². The average Bonchev–Trinajstić information content (AvgIpc) is 2.91. The third-order valence-electron chi connectivity index (χ3n) is 8.13. The van der Waals surface area contributed by atoms with E-state index in [2.05, 4.69) is 48.5 Å². The SMILES string of the molecule is O.O.c1ccc(C2CCCCCCCCC2)c([O][Co][O]c2ccccc2C2CCCCCCCCC2)c1. The zero-order valence-electron chi connectivity index (χ0n) is 22.7. The molecule has 4 N–H and O–H groups in total. The molecule has 2 aliphatic carbocycles. The first-order valence-electron chi connectivity index (χ1n) is 14.5. The van der Waals surface area contributed by atoms with Crippen molar-refractivity contribution in [3.63, 3.8) is 0 Å². The summed E-state index contributed by atoms with van der Waals surface area (Å²) in [5, 5.41) is 0. The van der Waals surface area contributed by atoms with E-state index in [4.69, 9.17) is 7.70 Å². The van der Waals surface area contributed by atoms with E-state index in [0.29, 0.717) is 27.2 Å². The zero-order valence-corrected chi connectivity index (χ0v) is 23.7. The van der Waals surface area contributed by atoms with Crippen LogP contribution in [0.15, 0.2) is 48.5 Å². The normalized spacial score (nSPS) is 19.1. The van der Waals surface area contributed by atoms with Gasteiger partial charge in [-0.15, -0.1) is 0 Å². The van der Waals surface area contributed by atoms with Crippen LogP contribution in [0.25, 0.3) is 0 Å². The monoisotopic (exact) mass is 557 g/mol. The van der Waals surface area contributed by atoms with Gasteiger partial charge in [0.2, 0.25) is 0 Å². The summed E-state index contributed by atoms with van der Waals surface area (Å²) in [4.78, 5) is 0. The second kappa shape index (κ2) is 18.7. The van der Waals surface area contributed by atoms with Gasteiger partial charge in [0.25, 0.3) is 0 Å². The van der Waals surface area contributed by atoms with Crippen LogP contribution in [0.5, 0.6) is 11.5 Å². The Bertz CT molecular complexity index is 769. The topological polar surface area (TPSA) is 81.5 Å². The third kappa shape index (κ3) is 10.6. The van der Waals surface area contributed by atoms with Gasteiger partial charge >= 0.3 is 222 Å². The molecule has 0 saturated heterocycles. The van der Waals surface area contributed by atoms with Crippen molar-refractivity contribution in [2.75, 3.05) is 0 Å². The number of hydrogen-bond acceptors (Lipinski definition) is 2. The molecule has 0 aliphatic heterocycles. The standard InChI is InChI=1S/2C16H24O.Co.2H2O/c2*17-16-13-9-8-12-15(16)14-10-6-4-2-1-3-5-7-11-14;;;/h2*8-9,12-14,17H,1-7,10-11H2;;2*1H2/q;;+2;;/p-2. The first-order valence-corrected chi connectivity index (χ1v) is 15.4. The molecule has 37 heavy (non-hydrogen) atoms. The van der Waals surface area contributed by atoms with Crippen LogP contribution in [-0.2, 0) is 15.3 Å². The predicted molar refractivity (Wildman–Crippen MR) is 150 cm³/mol. The minimum absolute atomic E-state index is 0. The molecule has 2 aliphatic rings. The van der Waals surface area contributed by atoms with Crippen molar-refractivity contribution in [2.24, 2.45) is 0 Å². The summed E-state index contributed by atoms with van der Waals surface area (Å²) < 4.78 is 12.6. The molecule has 2 aromatic carbocycles. The zero-order chi connectivity index (χ0) is 24.0. The van der Waals surface area contributed by atoms with Crippen molar-refractivity contribution < 1.29 is 34.0 Å². The molecule has 0 amide bonds. The van der Waals surface area contributed by atoms with Crippen molar-refractivity contribution in [1.82, 2.24) is 0 Å². The molecule has 211 valence electrons. The summed E-state index contributed by atoms with van der Waals surface area (Å²) in [6, 6.07) is 17.4. The third-order valence-corrected chi connectivity index (χ3v) is 8.76. The summed E-state index contributed by atoms with van der Waals surface area (Å²) in [5.41, 5.74) is 2.76. The first-order chi connectivity index (χ1) is 17.4. The van der Waals surface area contributed by atoms with Gasteiger partial charge in [-0.25, -0.2) is 0 Å². The Hall–Kier alpha value is -1.53. The fourth-order valence-corrected chi connectivity index (χ4v) is 6.69. The molecule has 0 spiro atoms. The van der Waals surface area contributed by atoms with Gasteiger partial charge in [-0.1, -0.05) is 0 Å².